The molecule has 3 nitrogen and oxygen atoms in total. The quantitative estimate of drug-likeness (QED) is 0.177. The lowest BCUT2D eigenvalue weighted by Crippen LogP contribution is -2.11. The Labute approximate surface area is 293 Å². The molecule has 0 unspecified atom stereocenters. The zero-order valence-electron chi connectivity index (χ0n) is 27.6. The van der Waals surface area contributed by atoms with E-state index in [1.165, 1.54) is 48.6 Å². The number of para-hydroxylation sites is 3. The molecule has 2 aromatic heterocycles. The fourth-order valence-electron chi connectivity index (χ4n) is 8.35. The van der Waals surface area contributed by atoms with Crippen LogP contribution in [0.25, 0.3) is 81.7 Å². The summed E-state index contributed by atoms with van der Waals surface area (Å²) in [5.74, 6) is 0. The summed E-state index contributed by atoms with van der Waals surface area (Å²) in [5, 5.41) is 12.1. The van der Waals surface area contributed by atoms with Crippen LogP contribution in [0.1, 0.15) is 0 Å². The highest BCUT2D eigenvalue weighted by Gasteiger charge is 2.23. The molecular weight excluding hydrogens is 621 g/mol. The average molecular weight is 651 g/mol. The standard InChI is InChI=1S/C48H30N2O/c1-2-14-33(15-3-1)49-41-21-10-8-17-36(41)38-28-27-34(30-44(38)49)50(42-22-12-24-46-48(42)40-20-9-11-23-45(40)51-46)43-29-32-26-25-31-13-4-5-16-35(31)47(32)39-19-7-6-18-37(39)43/h1-30H. The molecule has 0 amide bonds. The van der Waals surface area contributed by atoms with Gasteiger partial charge in [-0.2, -0.15) is 0 Å². The van der Waals surface area contributed by atoms with Gasteiger partial charge in [-0.1, -0.05) is 127 Å². The number of hydrogen-bond acceptors (Lipinski definition) is 2. The van der Waals surface area contributed by atoms with Crippen molar-refractivity contribution in [1.82, 2.24) is 4.57 Å². The summed E-state index contributed by atoms with van der Waals surface area (Å²) in [6, 6.07) is 65.6. The number of hydrogen-bond donors (Lipinski definition) is 0. The topological polar surface area (TPSA) is 21.3 Å². The zero-order valence-corrected chi connectivity index (χ0v) is 27.6. The molecule has 0 fully saturated rings. The predicted octanol–water partition coefficient (Wildman–Crippen LogP) is 13.6. The minimum absolute atomic E-state index is 0.870. The smallest absolute Gasteiger partial charge is 0.137 e. The highest BCUT2D eigenvalue weighted by molar-refractivity contribution is 6.25. The molecule has 3 heteroatoms. The van der Waals surface area contributed by atoms with E-state index in [1.807, 2.05) is 6.07 Å². The van der Waals surface area contributed by atoms with Crippen LogP contribution in [0.5, 0.6) is 0 Å². The molecule has 0 N–H and O–H groups in total. The number of fused-ring (bicyclic) bond motifs is 11. The Balaban J connectivity index is 1.29. The van der Waals surface area contributed by atoms with Crippen molar-refractivity contribution >= 4 is 93.1 Å². The van der Waals surface area contributed by atoms with Crippen molar-refractivity contribution in [2.24, 2.45) is 0 Å². The molecule has 238 valence electrons. The molecule has 0 saturated carbocycles. The van der Waals surface area contributed by atoms with Crippen LogP contribution in [-0.4, -0.2) is 4.57 Å². The number of aromatic nitrogens is 1. The molecule has 0 atom stereocenters. The third-order valence-corrected chi connectivity index (χ3v) is 10.5. The summed E-state index contributed by atoms with van der Waals surface area (Å²) in [5.41, 5.74) is 8.50. The van der Waals surface area contributed by atoms with Crippen LogP contribution in [0, 0.1) is 0 Å². The van der Waals surface area contributed by atoms with Gasteiger partial charge in [-0.05, 0) is 81.5 Å². The lowest BCUT2D eigenvalue weighted by atomic mass is 9.94. The summed E-state index contributed by atoms with van der Waals surface area (Å²) in [6.07, 6.45) is 0. The average Bonchev–Trinajstić information content (AvgIpc) is 3.74. The van der Waals surface area contributed by atoms with Gasteiger partial charge in [-0.15, -0.1) is 0 Å². The van der Waals surface area contributed by atoms with Gasteiger partial charge in [0.1, 0.15) is 11.2 Å². The summed E-state index contributed by atoms with van der Waals surface area (Å²) >= 11 is 0. The van der Waals surface area contributed by atoms with E-state index < -0.39 is 0 Å². The van der Waals surface area contributed by atoms with Crippen LogP contribution in [-0.2, 0) is 0 Å². The molecule has 0 aliphatic heterocycles. The Morgan fingerprint density at radius 3 is 1.92 bits per heavy atom. The van der Waals surface area contributed by atoms with Crippen molar-refractivity contribution in [2.75, 3.05) is 4.90 Å². The predicted molar refractivity (Wildman–Crippen MR) is 215 cm³/mol. The largest absolute Gasteiger partial charge is 0.456 e. The second-order valence-corrected chi connectivity index (χ2v) is 13.3. The van der Waals surface area contributed by atoms with Crippen molar-refractivity contribution in [3.05, 3.63) is 182 Å². The molecule has 2 heterocycles. The summed E-state index contributed by atoms with van der Waals surface area (Å²) in [7, 11) is 0. The van der Waals surface area contributed by atoms with Crippen molar-refractivity contribution in [3.8, 4) is 5.69 Å². The summed E-state index contributed by atoms with van der Waals surface area (Å²) in [6.45, 7) is 0. The first-order valence-electron chi connectivity index (χ1n) is 17.4. The van der Waals surface area contributed by atoms with Crippen molar-refractivity contribution < 1.29 is 4.42 Å². The molecule has 11 aromatic rings. The van der Waals surface area contributed by atoms with Gasteiger partial charge in [-0.25, -0.2) is 0 Å². The molecule has 9 aromatic carbocycles. The number of nitrogens with zero attached hydrogens (tertiary/aromatic N) is 2. The van der Waals surface area contributed by atoms with Crippen molar-refractivity contribution in [3.63, 3.8) is 0 Å². The van der Waals surface area contributed by atoms with Crippen LogP contribution in [0.4, 0.5) is 17.1 Å². The minimum Gasteiger partial charge on any atom is -0.456 e. The first kappa shape index (κ1) is 28.0. The first-order chi connectivity index (χ1) is 25.3. The van der Waals surface area contributed by atoms with Gasteiger partial charge in [-0.3, -0.25) is 0 Å². The van der Waals surface area contributed by atoms with Gasteiger partial charge in [0, 0.05) is 32.9 Å². The maximum Gasteiger partial charge on any atom is 0.137 e. The van der Waals surface area contributed by atoms with E-state index in [4.69, 9.17) is 4.42 Å². The van der Waals surface area contributed by atoms with Crippen molar-refractivity contribution in [2.45, 2.75) is 0 Å². The third kappa shape index (κ3) is 4.12. The Kier molecular flexibility index (Phi) is 5.96. The normalized spacial score (nSPS) is 11.9. The van der Waals surface area contributed by atoms with E-state index in [0.29, 0.717) is 0 Å². The first-order valence-corrected chi connectivity index (χ1v) is 17.4. The van der Waals surface area contributed by atoms with Crippen LogP contribution in [0.15, 0.2) is 186 Å². The van der Waals surface area contributed by atoms with Crippen LogP contribution < -0.4 is 4.90 Å². The molecule has 0 bridgehead atoms. The molecule has 0 aliphatic carbocycles. The van der Waals surface area contributed by atoms with Gasteiger partial charge in [0.25, 0.3) is 0 Å². The molecule has 0 aliphatic rings. The summed E-state index contributed by atoms with van der Waals surface area (Å²) < 4.78 is 8.87. The van der Waals surface area contributed by atoms with E-state index in [1.54, 1.807) is 0 Å². The van der Waals surface area contributed by atoms with E-state index in [0.717, 1.165) is 50.2 Å². The monoisotopic (exact) mass is 650 g/mol. The van der Waals surface area contributed by atoms with E-state index in [-0.39, 0.29) is 0 Å². The highest BCUT2D eigenvalue weighted by atomic mass is 16.3. The Bertz CT molecular complexity index is 3150. The van der Waals surface area contributed by atoms with Gasteiger partial charge in [0.2, 0.25) is 0 Å². The zero-order chi connectivity index (χ0) is 33.5. The second-order valence-electron chi connectivity index (χ2n) is 13.3. The minimum atomic E-state index is 0.870. The second kappa shape index (κ2) is 10.8. The number of rotatable bonds is 4. The van der Waals surface area contributed by atoms with Crippen LogP contribution in [0.3, 0.4) is 0 Å². The lowest BCUT2D eigenvalue weighted by molar-refractivity contribution is 0.669. The number of furan rings is 1. The van der Waals surface area contributed by atoms with Crippen LogP contribution >= 0.6 is 0 Å². The highest BCUT2D eigenvalue weighted by Crippen LogP contribution is 2.48. The molecule has 0 saturated heterocycles. The Morgan fingerprint density at radius 1 is 0.373 bits per heavy atom. The van der Waals surface area contributed by atoms with Crippen LogP contribution in [0.2, 0.25) is 0 Å². The van der Waals surface area contributed by atoms with Gasteiger partial charge < -0.3 is 13.9 Å². The molecule has 11 rings (SSSR count). The van der Waals surface area contributed by atoms with Gasteiger partial charge >= 0.3 is 0 Å². The van der Waals surface area contributed by atoms with E-state index in [9.17, 15) is 0 Å². The Morgan fingerprint density at radius 2 is 1.04 bits per heavy atom. The maximum absolute atomic E-state index is 6.48. The van der Waals surface area contributed by atoms with Gasteiger partial charge in [0.05, 0.1) is 27.8 Å². The van der Waals surface area contributed by atoms with E-state index >= 15 is 0 Å². The third-order valence-electron chi connectivity index (χ3n) is 10.5. The fraction of sp³-hybridized carbons (Fsp3) is 0. The van der Waals surface area contributed by atoms with E-state index in [2.05, 4.69) is 185 Å². The SMILES string of the molecule is c1ccc(-n2c3ccccc3c3ccc(N(c4cc5ccc6ccccc6c5c5ccccc45)c4cccc5oc6ccccc6c45)cc32)cc1. The Hall–Kier alpha value is -6.84. The van der Waals surface area contributed by atoms with Gasteiger partial charge in [0.15, 0.2) is 0 Å². The number of benzene rings is 9. The molecule has 0 spiro atoms. The number of anilines is 3. The molecular formula is C48H30N2O. The summed E-state index contributed by atoms with van der Waals surface area (Å²) in [4.78, 5) is 2.45. The fourth-order valence-corrected chi connectivity index (χ4v) is 8.35. The lowest BCUT2D eigenvalue weighted by Gasteiger charge is -2.28. The molecule has 51 heavy (non-hydrogen) atoms. The van der Waals surface area contributed by atoms with Crippen molar-refractivity contribution in [1.29, 1.82) is 0 Å². The molecule has 0 radical (unpaired) electrons. The maximum atomic E-state index is 6.48.